The van der Waals surface area contributed by atoms with Crippen LogP contribution in [-0.2, 0) is 0 Å². The number of carbonyl (C=O) groups is 2. The molecule has 0 aliphatic carbocycles. The number of rotatable bonds is 4. The molecule has 3 aromatic rings. The van der Waals surface area contributed by atoms with Gasteiger partial charge in [-0.05, 0) is 18.1 Å². The lowest BCUT2D eigenvalue weighted by Gasteiger charge is -1.95. The minimum Gasteiger partial charge on any atom is -0.475 e. The second kappa shape index (κ2) is 14.9. The Kier molecular flexibility index (Phi) is 13.2. The van der Waals surface area contributed by atoms with Crippen LogP contribution in [0.3, 0.4) is 0 Å². The van der Waals surface area contributed by atoms with Crippen LogP contribution in [0.15, 0.2) is 53.1 Å². The number of carbonyl (C=O) groups excluding carboxylic acids is 1. The molecule has 3 rings (SSSR count). The van der Waals surface area contributed by atoms with Crippen molar-refractivity contribution in [1.29, 1.82) is 0 Å². The van der Waals surface area contributed by atoms with Crippen molar-refractivity contribution in [3.05, 3.63) is 60.0 Å². The van der Waals surface area contributed by atoms with Gasteiger partial charge in [0.1, 0.15) is 6.29 Å². The van der Waals surface area contributed by atoms with Crippen molar-refractivity contribution < 1.29 is 19.1 Å². The van der Waals surface area contributed by atoms with Gasteiger partial charge in [0.25, 0.3) is 0 Å². The van der Waals surface area contributed by atoms with Gasteiger partial charge in [0.05, 0.1) is 11.1 Å². The van der Waals surface area contributed by atoms with Gasteiger partial charge in [-0.25, -0.2) is 9.78 Å². The molecule has 6 heteroatoms. The van der Waals surface area contributed by atoms with Gasteiger partial charge in [-0.3, -0.25) is 4.79 Å². The maximum Gasteiger partial charge on any atom is 0.374 e. The number of aromatic nitrogens is 1. The number of fused-ring (bicyclic) bond motifs is 1. The zero-order chi connectivity index (χ0) is 22.2. The predicted molar refractivity (Wildman–Crippen MR) is 119 cm³/mol. The van der Waals surface area contributed by atoms with E-state index in [4.69, 9.17) is 9.52 Å². The second-order valence-electron chi connectivity index (χ2n) is 6.05. The summed E-state index contributed by atoms with van der Waals surface area (Å²) in [7, 11) is 1.64. The van der Waals surface area contributed by atoms with E-state index >= 15 is 0 Å². The second-order valence-corrected chi connectivity index (χ2v) is 6.05. The van der Waals surface area contributed by atoms with Crippen molar-refractivity contribution in [3.8, 4) is 0 Å². The molecule has 0 atom stereocenters. The number of carboxylic acids is 1. The summed E-state index contributed by atoms with van der Waals surface area (Å²) in [5, 5.41) is 12.3. The summed E-state index contributed by atoms with van der Waals surface area (Å²) in [5.74, 6) is -0.330. The van der Waals surface area contributed by atoms with Crippen LogP contribution in [0.25, 0.3) is 11.1 Å². The molecule has 29 heavy (non-hydrogen) atoms. The maximum absolute atomic E-state index is 10.8. The van der Waals surface area contributed by atoms with Gasteiger partial charge in [-0.1, -0.05) is 71.4 Å². The summed E-state index contributed by atoms with van der Waals surface area (Å²) < 4.78 is 5.08. The van der Waals surface area contributed by atoms with Gasteiger partial charge in [-0.2, -0.15) is 0 Å². The van der Waals surface area contributed by atoms with Gasteiger partial charge in [0.2, 0.25) is 11.5 Å². The molecule has 0 bridgehead atoms. The summed E-state index contributed by atoms with van der Waals surface area (Å²) in [6.07, 6.45) is 3.69. The van der Waals surface area contributed by atoms with Crippen LogP contribution in [0.2, 0.25) is 0 Å². The van der Waals surface area contributed by atoms with Crippen LogP contribution >= 0.6 is 0 Å². The van der Waals surface area contributed by atoms with Gasteiger partial charge < -0.3 is 14.8 Å². The third-order valence-corrected chi connectivity index (χ3v) is 3.66. The number of aromatic carboxylic acids is 1. The first-order chi connectivity index (χ1) is 13.9. The molecule has 0 aliphatic heterocycles. The average molecular weight is 401 g/mol. The highest BCUT2D eigenvalue weighted by Crippen LogP contribution is 2.28. The lowest BCUT2D eigenvalue weighted by atomic mass is 10.2. The van der Waals surface area contributed by atoms with E-state index in [2.05, 4.69) is 31.1 Å². The number of hydrogen-bond acceptors (Lipinski definition) is 5. The molecule has 0 aliphatic rings. The molecule has 2 heterocycles. The summed E-state index contributed by atoms with van der Waals surface area (Å²) in [6.45, 7) is 10.6. The average Bonchev–Trinajstić information content (AvgIpc) is 3.15. The molecule has 0 amide bonds. The molecule has 0 radical (unpaired) electrons. The van der Waals surface area contributed by atoms with E-state index in [0.29, 0.717) is 16.8 Å². The first-order valence-corrected chi connectivity index (χ1v) is 9.73. The van der Waals surface area contributed by atoms with E-state index in [9.17, 15) is 9.59 Å². The van der Waals surface area contributed by atoms with E-state index in [1.54, 1.807) is 37.5 Å². The Morgan fingerprint density at radius 3 is 2.17 bits per heavy atom. The van der Waals surface area contributed by atoms with E-state index in [1.807, 2.05) is 32.0 Å². The fourth-order valence-corrected chi connectivity index (χ4v) is 1.86. The summed E-state index contributed by atoms with van der Waals surface area (Å²) in [5.41, 5.74) is 1.52. The fourth-order valence-electron chi connectivity index (χ4n) is 1.86. The van der Waals surface area contributed by atoms with Crippen LogP contribution in [0.5, 0.6) is 0 Å². The Balaban J connectivity index is 0.000000444. The zero-order valence-electron chi connectivity index (χ0n) is 18.1. The van der Waals surface area contributed by atoms with Crippen molar-refractivity contribution in [2.75, 3.05) is 12.4 Å². The molecule has 0 saturated carbocycles. The molecular weight excluding hydrogens is 368 g/mol. The molecule has 158 valence electrons. The van der Waals surface area contributed by atoms with Crippen molar-refractivity contribution in [2.24, 2.45) is 5.92 Å². The van der Waals surface area contributed by atoms with E-state index in [0.717, 1.165) is 17.8 Å². The molecule has 6 nitrogen and oxygen atoms in total. The van der Waals surface area contributed by atoms with Crippen LogP contribution in [-0.4, -0.2) is 29.4 Å². The Morgan fingerprint density at radius 2 is 1.76 bits per heavy atom. The van der Waals surface area contributed by atoms with Crippen LogP contribution in [0.1, 0.15) is 62.0 Å². The SMILES string of the molecule is CC.CCC(C)C.CNc1c(C(=O)O)oc2ncccc12.O=Cc1ccccc1. The predicted octanol–water partition coefficient (Wildman–Crippen LogP) is 6.15. The molecular formula is C23H32N2O4. The Morgan fingerprint density at radius 1 is 1.17 bits per heavy atom. The molecule has 1 aromatic carbocycles. The van der Waals surface area contributed by atoms with Crippen molar-refractivity contribution in [3.63, 3.8) is 0 Å². The maximum atomic E-state index is 10.8. The van der Waals surface area contributed by atoms with Crippen molar-refractivity contribution in [2.45, 2.75) is 41.0 Å². The lowest BCUT2D eigenvalue weighted by Crippen LogP contribution is -1.98. The summed E-state index contributed by atoms with van der Waals surface area (Å²) in [6, 6.07) is 12.6. The number of nitrogens with zero attached hydrogens (tertiary/aromatic N) is 1. The standard InChI is InChI=1S/C9H8N2O3.C7H6O.C5H12.C2H6/c1-10-6-5-3-2-4-11-8(5)14-7(6)9(12)13;8-6-7-4-2-1-3-5-7;1-4-5(2)3;1-2/h2-4,10H,1H3,(H,12,13);1-6H;5H,4H2,1-3H3;1-2H3. The number of furan rings is 1. The monoisotopic (exact) mass is 400 g/mol. The number of carboxylic acid groups (broad SMARTS) is 1. The topological polar surface area (TPSA) is 92.4 Å². The van der Waals surface area contributed by atoms with E-state index in [1.165, 1.54) is 6.42 Å². The highest BCUT2D eigenvalue weighted by Gasteiger charge is 2.18. The number of anilines is 1. The quantitative estimate of drug-likeness (QED) is 0.511. The minimum absolute atomic E-state index is 0.110. The highest BCUT2D eigenvalue weighted by atomic mass is 16.4. The van der Waals surface area contributed by atoms with E-state index in [-0.39, 0.29) is 5.76 Å². The zero-order valence-corrected chi connectivity index (χ0v) is 18.1. The minimum atomic E-state index is -1.10. The Labute approximate surface area is 173 Å². The number of aldehydes is 1. The van der Waals surface area contributed by atoms with Crippen molar-refractivity contribution >= 4 is 29.0 Å². The van der Waals surface area contributed by atoms with Crippen LogP contribution in [0.4, 0.5) is 5.69 Å². The first-order valence-electron chi connectivity index (χ1n) is 9.73. The molecule has 0 saturated heterocycles. The number of benzene rings is 1. The van der Waals surface area contributed by atoms with Gasteiger partial charge in [0.15, 0.2) is 0 Å². The Bertz CT molecular complexity index is 842. The largest absolute Gasteiger partial charge is 0.475 e. The van der Waals surface area contributed by atoms with Crippen LogP contribution < -0.4 is 5.32 Å². The van der Waals surface area contributed by atoms with Gasteiger partial charge in [-0.15, -0.1) is 0 Å². The molecule has 0 spiro atoms. The molecule has 0 fully saturated rings. The van der Waals surface area contributed by atoms with Crippen LogP contribution in [0, 0.1) is 5.92 Å². The summed E-state index contributed by atoms with van der Waals surface area (Å²) >= 11 is 0. The lowest BCUT2D eigenvalue weighted by molar-refractivity contribution is 0.0666. The molecule has 2 aromatic heterocycles. The number of hydrogen-bond donors (Lipinski definition) is 2. The summed E-state index contributed by atoms with van der Waals surface area (Å²) in [4.78, 5) is 24.7. The molecule has 2 N–H and O–H groups in total. The number of nitrogens with one attached hydrogen (secondary N) is 1. The Hall–Kier alpha value is -3.15. The highest BCUT2D eigenvalue weighted by molar-refractivity contribution is 6.02. The fraction of sp³-hybridized carbons (Fsp3) is 0.348. The van der Waals surface area contributed by atoms with Crippen molar-refractivity contribution in [1.82, 2.24) is 4.98 Å². The van der Waals surface area contributed by atoms with Gasteiger partial charge in [0, 0.05) is 18.8 Å². The normalized spacial score (nSPS) is 9.21. The third-order valence-electron chi connectivity index (χ3n) is 3.66. The van der Waals surface area contributed by atoms with Gasteiger partial charge >= 0.3 is 5.97 Å². The first kappa shape index (κ1) is 25.9. The molecule has 0 unspecified atom stereocenters. The third kappa shape index (κ3) is 9.06. The number of pyridine rings is 1. The smallest absolute Gasteiger partial charge is 0.374 e. The van der Waals surface area contributed by atoms with E-state index < -0.39 is 5.97 Å².